The molecular weight excluding hydrogens is 266 g/mol. The second-order valence-corrected chi connectivity index (χ2v) is 5.54. The van der Waals surface area contributed by atoms with E-state index in [0.29, 0.717) is 5.92 Å². The predicted octanol–water partition coefficient (Wildman–Crippen LogP) is 1.24. The fourth-order valence-corrected chi connectivity index (χ4v) is 2.99. The van der Waals surface area contributed by atoms with E-state index in [1.54, 1.807) is 4.68 Å². The maximum absolute atomic E-state index is 4.66. The molecule has 0 saturated carbocycles. The lowest BCUT2D eigenvalue weighted by molar-refractivity contribution is 0.423. The molecule has 3 aromatic rings. The van der Waals surface area contributed by atoms with Crippen molar-refractivity contribution in [1.29, 1.82) is 0 Å². The van der Waals surface area contributed by atoms with Gasteiger partial charge in [0.05, 0.1) is 12.4 Å². The summed E-state index contributed by atoms with van der Waals surface area (Å²) in [5, 5.41) is 13.1. The molecular formula is C14H17N7. The van der Waals surface area contributed by atoms with Crippen LogP contribution < -0.4 is 0 Å². The van der Waals surface area contributed by atoms with E-state index in [1.165, 1.54) is 5.69 Å². The summed E-state index contributed by atoms with van der Waals surface area (Å²) in [4.78, 5) is 4.66. The van der Waals surface area contributed by atoms with E-state index in [4.69, 9.17) is 0 Å². The molecule has 0 fully saturated rings. The summed E-state index contributed by atoms with van der Waals surface area (Å²) in [5.74, 6) is 2.19. The third-order valence-electron chi connectivity index (χ3n) is 3.99. The third kappa shape index (κ3) is 2.05. The molecule has 0 saturated heterocycles. The van der Waals surface area contributed by atoms with Crippen LogP contribution in [0, 0.1) is 6.92 Å². The van der Waals surface area contributed by atoms with E-state index in [9.17, 15) is 0 Å². The molecule has 0 amide bonds. The van der Waals surface area contributed by atoms with E-state index in [1.807, 2.05) is 37.2 Å². The number of aromatic nitrogens is 7. The second-order valence-electron chi connectivity index (χ2n) is 5.54. The monoisotopic (exact) mass is 283 g/mol. The lowest BCUT2D eigenvalue weighted by Gasteiger charge is -2.22. The SMILES string of the molecule is Cc1nc(C2CCn3nccc3C2)n(-c2cnn(C)c2)n1. The average Bonchev–Trinajstić information content (AvgIpc) is 3.16. The number of nitrogens with zero attached hydrogens (tertiary/aromatic N) is 7. The van der Waals surface area contributed by atoms with Gasteiger partial charge in [-0.05, 0) is 25.8 Å². The standard InChI is InChI=1S/C14H17N7/c1-10-17-14(21(18-10)13-8-16-19(2)9-13)11-4-6-20-12(7-11)3-5-15-20/h3,5,8-9,11H,4,6-7H2,1-2H3. The largest absolute Gasteiger partial charge is 0.274 e. The Labute approximate surface area is 122 Å². The summed E-state index contributed by atoms with van der Waals surface area (Å²) in [7, 11) is 1.91. The molecule has 1 atom stereocenters. The highest BCUT2D eigenvalue weighted by Crippen LogP contribution is 2.29. The summed E-state index contributed by atoms with van der Waals surface area (Å²) in [6.07, 6.45) is 7.65. The molecule has 0 aromatic carbocycles. The van der Waals surface area contributed by atoms with Gasteiger partial charge in [0.25, 0.3) is 0 Å². The Balaban J connectivity index is 1.73. The molecule has 1 aliphatic rings. The van der Waals surface area contributed by atoms with Gasteiger partial charge in [0.2, 0.25) is 0 Å². The van der Waals surface area contributed by atoms with Gasteiger partial charge in [-0.3, -0.25) is 9.36 Å². The smallest absolute Gasteiger partial charge is 0.148 e. The third-order valence-corrected chi connectivity index (χ3v) is 3.99. The highest BCUT2D eigenvalue weighted by atomic mass is 15.4. The van der Waals surface area contributed by atoms with Crippen molar-refractivity contribution in [3.05, 3.63) is 42.0 Å². The molecule has 0 spiro atoms. The first-order valence-electron chi connectivity index (χ1n) is 7.14. The topological polar surface area (TPSA) is 66.3 Å². The van der Waals surface area contributed by atoms with Gasteiger partial charge in [0, 0.05) is 31.4 Å². The van der Waals surface area contributed by atoms with Crippen molar-refractivity contribution in [3.8, 4) is 5.69 Å². The summed E-state index contributed by atoms with van der Waals surface area (Å²) < 4.78 is 5.79. The Bertz CT molecular complexity index is 779. The molecule has 7 heteroatoms. The highest BCUT2D eigenvalue weighted by Gasteiger charge is 2.26. The fraction of sp³-hybridized carbons (Fsp3) is 0.429. The van der Waals surface area contributed by atoms with Gasteiger partial charge in [-0.1, -0.05) is 0 Å². The Hall–Kier alpha value is -2.44. The first-order chi connectivity index (χ1) is 10.2. The Morgan fingerprint density at radius 3 is 3.00 bits per heavy atom. The van der Waals surface area contributed by atoms with Crippen LogP contribution in [-0.2, 0) is 20.0 Å². The van der Waals surface area contributed by atoms with Gasteiger partial charge in [0.1, 0.15) is 17.3 Å². The van der Waals surface area contributed by atoms with E-state index in [2.05, 4.69) is 31.0 Å². The molecule has 21 heavy (non-hydrogen) atoms. The maximum Gasteiger partial charge on any atom is 0.148 e. The molecule has 4 heterocycles. The zero-order valence-corrected chi connectivity index (χ0v) is 12.1. The van der Waals surface area contributed by atoms with E-state index >= 15 is 0 Å². The van der Waals surface area contributed by atoms with E-state index < -0.39 is 0 Å². The van der Waals surface area contributed by atoms with Gasteiger partial charge in [-0.25, -0.2) is 9.67 Å². The number of aryl methyl sites for hydroxylation is 3. The maximum atomic E-state index is 4.66. The molecule has 1 unspecified atom stereocenters. The molecule has 0 bridgehead atoms. The van der Waals surface area contributed by atoms with Crippen molar-refractivity contribution >= 4 is 0 Å². The lowest BCUT2D eigenvalue weighted by Crippen LogP contribution is -2.21. The molecule has 1 aliphatic heterocycles. The Kier molecular flexibility index (Phi) is 2.66. The van der Waals surface area contributed by atoms with Crippen molar-refractivity contribution < 1.29 is 0 Å². The van der Waals surface area contributed by atoms with Crippen LogP contribution in [0.15, 0.2) is 24.7 Å². The zero-order chi connectivity index (χ0) is 14.4. The van der Waals surface area contributed by atoms with Crippen LogP contribution in [0.1, 0.15) is 29.7 Å². The predicted molar refractivity (Wildman–Crippen MR) is 76.2 cm³/mol. The van der Waals surface area contributed by atoms with Crippen molar-refractivity contribution in [3.63, 3.8) is 0 Å². The summed E-state index contributed by atoms with van der Waals surface area (Å²) in [5.41, 5.74) is 2.23. The molecule has 108 valence electrons. The van der Waals surface area contributed by atoms with Crippen LogP contribution in [0.2, 0.25) is 0 Å². The highest BCUT2D eigenvalue weighted by molar-refractivity contribution is 5.27. The quantitative estimate of drug-likeness (QED) is 0.709. The normalized spacial score (nSPS) is 17.9. The summed E-state index contributed by atoms with van der Waals surface area (Å²) in [6.45, 7) is 2.87. The van der Waals surface area contributed by atoms with Gasteiger partial charge in [-0.15, -0.1) is 0 Å². The molecule has 0 N–H and O–H groups in total. The van der Waals surface area contributed by atoms with Crippen LogP contribution >= 0.6 is 0 Å². The second kappa shape index (κ2) is 4.54. The summed E-state index contributed by atoms with van der Waals surface area (Å²) in [6, 6.07) is 2.09. The zero-order valence-electron chi connectivity index (χ0n) is 12.1. The number of rotatable bonds is 2. The minimum atomic E-state index is 0.371. The lowest BCUT2D eigenvalue weighted by atomic mass is 9.95. The van der Waals surface area contributed by atoms with Crippen LogP contribution in [-0.4, -0.2) is 34.3 Å². The van der Waals surface area contributed by atoms with Gasteiger partial charge < -0.3 is 0 Å². The van der Waals surface area contributed by atoms with Crippen molar-refractivity contribution in [2.24, 2.45) is 7.05 Å². The van der Waals surface area contributed by atoms with Gasteiger partial charge in [0.15, 0.2) is 0 Å². The van der Waals surface area contributed by atoms with E-state index in [0.717, 1.165) is 36.7 Å². The first-order valence-corrected chi connectivity index (χ1v) is 7.14. The Morgan fingerprint density at radius 2 is 2.19 bits per heavy atom. The summed E-state index contributed by atoms with van der Waals surface area (Å²) >= 11 is 0. The van der Waals surface area contributed by atoms with Crippen LogP contribution in [0.5, 0.6) is 0 Å². The first kappa shape index (κ1) is 12.3. The Morgan fingerprint density at radius 1 is 1.29 bits per heavy atom. The van der Waals surface area contributed by atoms with Gasteiger partial charge in [-0.2, -0.15) is 15.3 Å². The van der Waals surface area contributed by atoms with Crippen LogP contribution in [0.3, 0.4) is 0 Å². The number of hydrogen-bond acceptors (Lipinski definition) is 4. The van der Waals surface area contributed by atoms with Crippen LogP contribution in [0.25, 0.3) is 5.69 Å². The molecule has 3 aromatic heterocycles. The van der Waals surface area contributed by atoms with Crippen molar-refractivity contribution in [2.45, 2.75) is 32.2 Å². The number of fused-ring (bicyclic) bond motifs is 1. The fourth-order valence-electron chi connectivity index (χ4n) is 2.99. The minimum absolute atomic E-state index is 0.371. The van der Waals surface area contributed by atoms with Gasteiger partial charge >= 0.3 is 0 Å². The molecule has 0 radical (unpaired) electrons. The van der Waals surface area contributed by atoms with Crippen molar-refractivity contribution in [1.82, 2.24) is 34.3 Å². The molecule has 0 aliphatic carbocycles. The molecule has 4 rings (SSSR count). The average molecular weight is 283 g/mol. The van der Waals surface area contributed by atoms with Crippen molar-refractivity contribution in [2.75, 3.05) is 0 Å². The van der Waals surface area contributed by atoms with E-state index in [-0.39, 0.29) is 0 Å². The number of hydrogen-bond donors (Lipinski definition) is 0. The van der Waals surface area contributed by atoms with Crippen LogP contribution in [0.4, 0.5) is 0 Å². The minimum Gasteiger partial charge on any atom is -0.274 e. The molecule has 7 nitrogen and oxygen atoms in total.